The molecule has 1 fully saturated rings. The molecule has 1 nitrogen and oxygen atoms in total. The molecule has 106 valence electrons. The second-order valence-electron chi connectivity index (χ2n) is 6.09. The molecule has 0 saturated heterocycles. The van der Waals surface area contributed by atoms with Crippen LogP contribution in [-0.4, -0.2) is 0 Å². The summed E-state index contributed by atoms with van der Waals surface area (Å²) in [6.45, 7) is 4.23. The Morgan fingerprint density at radius 3 is 2.26 bits per heavy atom. The largest absolute Gasteiger partial charge is 0.416 e. The Balaban J connectivity index is 2.35. The first-order valence-electron chi connectivity index (χ1n) is 6.67. The summed E-state index contributed by atoms with van der Waals surface area (Å²) in [5.41, 5.74) is 5.78. The Labute approximate surface area is 112 Å². The summed E-state index contributed by atoms with van der Waals surface area (Å²) < 4.78 is 38.3. The van der Waals surface area contributed by atoms with E-state index in [-0.39, 0.29) is 0 Å². The first-order chi connectivity index (χ1) is 8.71. The molecule has 4 heteroatoms. The van der Waals surface area contributed by atoms with Crippen LogP contribution in [-0.2, 0) is 11.7 Å². The highest BCUT2D eigenvalue weighted by atomic mass is 19.4. The van der Waals surface area contributed by atoms with Crippen molar-refractivity contribution in [3.8, 4) is 0 Å². The molecule has 0 heterocycles. The number of hydrogen-bond acceptors (Lipinski definition) is 1. The van der Waals surface area contributed by atoms with Crippen molar-refractivity contribution in [2.45, 2.75) is 44.8 Å². The van der Waals surface area contributed by atoms with Crippen LogP contribution in [0.1, 0.15) is 44.2 Å². The van der Waals surface area contributed by atoms with Gasteiger partial charge in [0, 0.05) is 5.54 Å². The van der Waals surface area contributed by atoms with Crippen molar-refractivity contribution in [3.05, 3.63) is 35.4 Å². The van der Waals surface area contributed by atoms with Crippen LogP contribution in [0.3, 0.4) is 0 Å². The number of hydrogen-bond donors (Lipinski definition) is 1. The van der Waals surface area contributed by atoms with Gasteiger partial charge in [-0.25, -0.2) is 0 Å². The number of alkyl halides is 3. The maximum atomic E-state index is 12.8. The Morgan fingerprint density at radius 1 is 1.16 bits per heavy atom. The number of nitrogens with two attached hydrogens (primary N) is 1. The van der Waals surface area contributed by atoms with Gasteiger partial charge in [-0.1, -0.05) is 26.0 Å². The van der Waals surface area contributed by atoms with Crippen LogP contribution in [0.25, 0.3) is 0 Å². The van der Waals surface area contributed by atoms with Gasteiger partial charge in [0.05, 0.1) is 5.56 Å². The van der Waals surface area contributed by atoms with Crippen molar-refractivity contribution >= 4 is 0 Å². The standard InChI is InChI=1S/C15H20F3N/c1-10-6-11(2)9-14(19,8-10)12-4-3-5-13(7-12)15(16,17)18/h3-5,7,10-11H,6,8-9,19H2,1-2H3. The minimum Gasteiger partial charge on any atom is -0.321 e. The van der Waals surface area contributed by atoms with Gasteiger partial charge in [-0.05, 0) is 48.8 Å². The zero-order valence-corrected chi connectivity index (χ0v) is 11.3. The van der Waals surface area contributed by atoms with Crippen molar-refractivity contribution in [1.82, 2.24) is 0 Å². The molecule has 0 spiro atoms. The van der Waals surface area contributed by atoms with Gasteiger partial charge in [0.15, 0.2) is 0 Å². The predicted molar refractivity (Wildman–Crippen MR) is 69.5 cm³/mol. The second kappa shape index (κ2) is 4.82. The van der Waals surface area contributed by atoms with E-state index < -0.39 is 17.3 Å². The maximum absolute atomic E-state index is 12.8. The van der Waals surface area contributed by atoms with Crippen molar-refractivity contribution in [1.29, 1.82) is 0 Å². The topological polar surface area (TPSA) is 26.0 Å². The SMILES string of the molecule is CC1CC(C)CC(N)(c2cccc(C(F)(F)F)c2)C1. The number of rotatable bonds is 1. The molecule has 1 saturated carbocycles. The summed E-state index contributed by atoms with van der Waals surface area (Å²) in [6.07, 6.45) is -1.71. The lowest BCUT2D eigenvalue weighted by molar-refractivity contribution is -0.137. The lowest BCUT2D eigenvalue weighted by Crippen LogP contribution is -2.43. The fourth-order valence-corrected chi connectivity index (χ4v) is 3.42. The fourth-order valence-electron chi connectivity index (χ4n) is 3.42. The van der Waals surface area contributed by atoms with Gasteiger partial charge in [-0.15, -0.1) is 0 Å². The lowest BCUT2D eigenvalue weighted by atomic mass is 9.69. The molecule has 1 aliphatic rings. The second-order valence-corrected chi connectivity index (χ2v) is 6.09. The van der Waals surface area contributed by atoms with Crippen LogP contribution in [0, 0.1) is 11.8 Å². The first kappa shape index (κ1) is 14.4. The van der Waals surface area contributed by atoms with Crippen molar-refractivity contribution in [3.63, 3.8) is 0 Å². The summed E-state index contributed by atoms with van der Waals surface area (Å²) >= 11 is 0. The molecule has 2 atom stereocenters. The van der Waals surface area contributed by atoms with Crippen LogP contribution >= 0.6 is 0 Å². The molecule has 0 aromatic heterocycles. The van der Waals surface area contributed by atoms with E-state index >= 15 is 0 Å². The molecule has 1 aromatic rings. The summed E-state index contributed by atoms with van der Waals surface area (Å²) in [7, 11) is 0. The molecule has 2 N–H and O–H groups in total. The van der Waals surface area contributed by atoms with Gasteiger partial charge in [-0.3, -0.25) is 0 Å². The summed E-state index contributed by atoms with van der Waals surface area (Å²) in [5.74, 6) is 0.895. The average molecular weight is 271 g/mol. The summed E-state index contributed by atoms with van der Waals surface area (Å²) in [5, 5.41) is 0. The van der Waals surface area contributed by atoms with Crippen LogP contribution in [0.4, 0.5) is 13.2 Å². The number of benzene rings is 1. The molecule has 0 amide bonds. The highest BCUT2D eigenvalue weighted by molar-refractivity contribution is 5.31. The summed E-state index contributed by atoms with van der Waals surface area (Å²) in [4.78, 5) is 0. The van der Waals surface area contributed by atoms with E-state index in [0.717, 1.165) is 25.3 Å². The van der Waals surface area contributed by atoms with E-state index in [1.54, 1.807) is 6.07 Å². The van der Waals surface area contributed by atoms with E-state index in [9.17, 15) is 13.2 Å². The lowest BCUT2D eigenvalue weighted by Gasteiger charge is -2.40. The fraction of sp³-hybridized carbons (Fsp3) is 0.600. The quantitative estimate of drug-likeness (QED) is 0.809. The van der Waals surface area contributed by atoms with Gasteiger partial charge in [0.1, 0.15) is 0 Å². The Bertz CT molecular complexity index is 443. The molecule has 2 rings (SSSR count). The van der Waals surface area contributed by atoms with Gasteiger partial charge in [0.2, 0.25) is 0 Å². The van der Waals surface area contributed by atoms with E-state index in [1.165, 1.54) is 12.1 Å². The minimum absolute atomic E-state index is 0.447. The van der Waals surface area contributed by atoms with Crippen LogP contribution in [0.15, 0.2) is 24.3 Å². The van der Waals surface area contributed by atoms with Gasteiger partial charge < -0.3 is 5.73 Å². The van der Waals surface area contributed by atoms with Gasteiger partial charge in [-0.2, -0.15) is 13.2 Å². The Kier molecular flexibility index (Phi) is 3.65. The summed E-state index contributed by atoms with van der Waals surface area (Å²) in [6, 6.07) is 5.49. The molecular formula is C15H20F3N. The van der Waals surface area contributed by atoms with Crippen LogP contribution in [0.5, 0.6) is 0 Å². The van der Waals surface area contributed by atoms with E-state index in [1.807, 2.05) is 0 Å². The molecule has 0 aliphatic heterocycles. The zero-order chi connectivity index (χ0) is 14.3. The maximum Gasteiger partial charge on any atom is 0.416 e. The minimum atomic E-state index is -4.31. The smallest absolute Gasteiger partial charge is 0.321 e. The van der Waals surface area contributed by atoms with Crippen molar-refractivity contribution in [2.75, 3.05) is 0 Å². The van der Waals surface area contributed by atoms with Crippen molar-refractivity contribution in [2.24, 2.45) is 17.6 Å². The van der Waals surface area contributed by atoms with Crippen molar-refractivity contribution < 1.29 is 13.2 Å². The third-order valence-corrected chi connectivity index (χ3v) is 3.99. The van der Waals surface area contributed by atoms with Crippen LogP contribution in [0.2, 0.25) is 0 Å². The Hall–Kier alpha value is -1.03. The number of halogens is 3. The third kappa shape index (κ3) is 3.11. The molecule has 1 aromatic carbocycles. The molecule has 1 aliphatic carbocycles. The Morgan fingerprint density at radius 2 is 1.74 bits per heavy atom. The predicted octanol–water partition coefficient (Wildman–Crippen LogP) is 4.32. The van der Waals surface area contributed by atoms with E-state index in [0.29, 0.717) is 17.4 Å². The highest BCUT2D eigenvalue weighted by Crippen LogP contribution is 2.42. The highest BCUT2D eigenvalue weighted by Gasteiger charge is 2.38. The van der Waals surface area contributed by atoms with E-state index in [4.69, 9.17) is 5.73 Å². The third-order valence-electron chi connectivity index (χ3n) is 3.99. The van der Waals surface area contributed by atoms with Gasteiger partial charge in [0.25, 0.3) is 0 Å². The monoisotopic (exact) mass is 271 g/mol. The molecule has 2 unspecified atom stereocenters. The normalized spacial score (nSPS) is 32.3. The molecule has 0 bridgehead atoms. The van der Waals surface area contributed by atoms with Gasteiger partial charge >= 0.3 is 6.18 Å². The molecule has 19 heavy (non-hydrogen) atoms. The van der Waals surface area contributed by atoms with Crippen LogP contribution < -0.4 is 5.73 Å². The molecule has 0 radical (unpaired) electrons. The average Bonchev–Trinajstić information content (AvgIpc) is 2.26. The molecular weight excluding hydrogens is 251 g/mol. The first-order valence-corrected chi connectivity index (χ1v) is 6.67. The zero-order valence-electron chi connectivity index (χ0n) is 11.3. The van der Waals surface area contributed by atoms with E-state index in [2.05, 4.69) is 13.8 Å².